The van der Waals surface area contributed by atoms with E-state index in [0.29, 0.717) is 0 Å². The number of carbonyl (C=O) groups is 1. The van der Waals surface area contributed by atoms with Crippen molar-refractivity contribution in [2.45, 2.75) is 57.8 Å². The van der Waals surface area contributed by atoms with Crippen molar-refractivity contribution in [3.63, 3.8) is 0 Å². The Hall–Kier alpha value is 0.796. The SMILES string of the molecule is NCCCCCCCCCCC(=O)[NH][Ga][I]. The van der Waals surface area contributed by atoms with E-state index in [0.717, 1.165) is 19.4 Å². The average Bonchev–Trinajstić information content (AvgIpc) is 2.27. The second-order valence-corrected chi connectivity index (χ2v) is 8.34. The first-order chi connectivity index (χ1) is 7.81. The molecule has 0 aromatic carbocycles. The molecule has 3 nitrogen and oxygen atoms in total. The summed E-state index contributed by atoms with van der Waals surface area (Å²) < 4.78 is 2.96. The van der Waals surface area contributed by atoms with Crippen molar-refractivity contribution in [1.29, 1.82) is 0 Å². The first-order valence-corrected chi connectivity index (χ1v) is 14.8. The second kappa shape index (κ2) is 13.9. The summed E-state index contributed by atoms with van der Waals surface area (Å²) in [7, 11) is 0. The number of unbranched alkanes of at least 4 members (excludes halogenated alkanes) is 7. The molecule has 0 aliphatic carbocycles. The first-order valence-electron chi connectivity index (χ1n) is 6.22. The van der Waals surface area contributed by atoms with Crippen LogP contribution in [0.2, 0.25) is 0 Å². The number of hydrogen-bond donors (Lipinski definition) is 2. The van der Waals surface area contributed by atoms with E-state index in [9.17, 15) is 4.79 Å². The summed E-state index contributed by atoms with van der Waals surface area (Å²) >= 11 is 1.85. The predicted octanol–water partition coefficient (Wildman–Crippen LogP) is 2.54. The molecule has 0 bridgehead atoms. The molecule has 0 atom stereocenters. The van der Waals surface area contributed by atoms with Gasteiger partial charge in [0.25, 0.3) is 0 Å². The molecule has 5 heteroatoms. The molecule has 0 rings (SSSR count). The quantitative estimate of drug-likeness (QED) is 0.321. The monoisotopic (exact) mass is 395 g/mol. The van der Waals surface area contributed by atoms with Crippen LogP contribution in [0.25, 0.3) is 0 Å². The van der Waals surface area contributed by atoms with Crippen LogP contribution < -0.4 is 9.76 Å². The number of carbonyl (C=O) groups excluding carboxylic acids is 1. The van der Waals surface area contributed by atoms with Crippen LogP contribution >= 0.6 is 19.7 Å². The molecule has 0 spiro atoms. The maximum atomic E-state index is 11.2. The van der Waals surface area contributed by atoms with Crippen molar-refractivity contribution < 1.29 is 4.79 Å². The molecule has 0 fully saturated rings. The Bertz CT molecular complexity index is 170. The van der Waals surface area contributed by atoms with Crippen molar-refractivity contribution >= 4 is 39.7 Å². The summed E-state index contributed by atoms with van der Waals surface area (Å²) in [6.07, 6.45) is 10.7. The maximum absolute atomic E-state index is 11.2. The Morgan fingerprint density at radius 1 is 1.00 bits per heavy atom. The summed E-state index contributed by atoms with van der Waals surface area (Å²) in [6.45, 7) is 0.829. The third kappa shape index (κ3) is 12.9. The zero-order chi connectivity index (χ0) is 12.1. The van der Waals surface area contributed by atoms with E-state index in [2.05, 4.69) is 23.7 Å². The Morgan fingerprint density at radius 2 is 1.50 bits per heavy atom. The minimum atomic E-state index is -0.460. The van der Waals surface area contributed by atoms with Gasteiger partial charge in [0.1, 0.15) is 0 Å². The van der Waals surface area contributed by atoms with Crippen molar-refractivity contribution in [2.75, 3.05) is 6.54 Å². The molecule has 16 heavy (non-hydrogen) atoms. The molecule has 93 valence electrons. The molecule has 0 unspecified atom stereocenters. The number of amides is 1. The van der Waals surface area contributed by atoms with Crippen molar-refractivity contribution in [3.8, 4) is 0 Å². The van der Waals surface area contributed by atoms with Crippen LogP contribution in [-0.4, -0.2) is 26.6 Å². The summed E-state index contributed by atoms with van der Waals surface area (Å²) in [6, 6.07) is 0. The molecule has 0 saturated carbocycles. The average molecular weight is 396 g/mol. The normalized spacial score (nSPS) is 10.1. The molecule has 1 amide bonds. The molecule has 3 N–H and O–H groups in total. The van der Waals surface area contributed by atoms with Gasteiger partial charge < -0.3 is 5.73 Å². The van der Waals surface area contributed by atoms with E-state index in [-0.39, 0.29) is 5.91 Å². The van der Waals surface area contributed by atoms with E-state index in [4.69, 9.17) is 5.73 Å². The first kappa shape index (κ1) is 16.8. The number of halogens is 1. The van der Waals surface area contributed by atoms with Gasteiger partial charge >= 0.3 is 113 Å². The van der Waals surface area contributed by atoms with E-state index < -0.39 is 14.1 Å². The Labute approximate surface area is 118 Å². The van der Waals surface area contributed by atoms with Crippen LogP contribution in [0.3, 0.4) is 0 Å². The van der Waals surface area contributed by atoms with Gasteiger partial charge in [0.2, 0.25) is 0 Å². The molecule has 0 heterocycles. The summed E-state index contributed by atoms with van der Waals surface area (Å²) in [5.74, 6) is 0.261. The standard InChI is InChI=1S/C11H24N2O.Ga.HI/c12-10-8-6-4-2-1-3-5-7-9-11(13)14;;/h1-10,12H2,(H2,13,14);;1H/q;+2;/p-2. The fourth-order valence-corrected chi connectivity index (χ4v) is 3.99. The fourth-order valence-electron chi connectivity index (χ4n) is 1.62. The van der Waals surface area contributed by atoms with Gasteiger partial charge in [-0.05, 0) is 0 Å². The van der Waals surface area contributed by atoms with Gasteiger partial charge in [-0.2, -0.15) is 0 Å². The third-order valence-electron chi connectivity index (χ3n) is 2.57. The zero-order valence-electron chi connectivity index (χ0n) is 10.0. The molecular formula is C11H23GaIN2O. The van der Waals surface area contributed by atoms with Gasteiger partial charge in [0, 0.05) is 0 Å². The molecule has 0 aromatic heterocycles. The van der Waals surface area contributed by atoms with Gasteiger partial charge in [-0.1, -0.05) is 0 Å². The molecular weight excluding hydrogens is 373 g/mol. The van der Waals surface area contributed by atoms with E-state index in [1.807, 2.05) is 0 Å². The summed E-state index contributed by atoms with van der Waals surface area (Å²) in [4.78, 5) is 11.2. The number of hydrogen-bond acceptors (Lipinski definition) is 2. The Balaban J connectivity index is 3.01. The molecule has 0 aliphatic rings. The van der Waals surface area contributed by atoms with Crippen LogP contribution in [-0.2, 0) is 4.79 Å². The molecule has 0 aromatic rings. The van der Waals surface area contributed by atoms with Crippen LogP contribution in [0.15, 0.2) is 0 Å². The van der Waals surface area contributed by atoms with Crippen molar-refractivity contribution in [1.82, 2.24) is 4.02 Å². The van der Waals surface area contributed by atoms with Crippen molar-refractivity contribution in [3.05, 3.63) is 0 Å². The van der Waals surface area contributed by atoms with Crippen LogP contribution in [0, 0.1) is 0 Å². The molecule has 0 aliphatic heterocycles. The van der Waals surface area contributed by atoms with Gasteiger partial charge in [-0.3, -0.25) is 0 Å². The van der Waals surface area contributed by atoms with Gasteiger partial charge in [0.05, 0.1) is 0 Å². The van der Waals surface area contributed by atoms with Gasteiger partial charge in [0.15, 0.2) is 0 Å². The van der Waals surface area contributed by atoms with Crippen LogP contribution in [0.1, 0.15) is 57.8 Å². The van der Waals surface area contributed by atoms with E-state index in [1.165, 1.54) is 44.9 Å². The zero-order valence-corrected chi connectivity index (χ0v) is 14.6. The van der Waals surface area contributed by atoms with Crippen molar-refractivity contribution in [2.24, 2.45) is 5.73 Å². The predicted molar refractivity (Wildman–Crippen MR) is 78.5 cm³/mol. The summed E-state index contributed by atoms with van der Waals surface area (Å²) in [5.41, 5.74) is 5.43. The Kier molecular flexibility index (Phi) is 14.5. The number of rotatable bonds is 11. The number of nitrogens with one attached hydrogen (secondary N) is 1. The molecule has 1 radical (unpaired) electrons. The topological polar surface area (TPSA) is 55.1 Å². The van der Waals surface area contributed by atoms with Crippen LogP contribution in [0.5, 0.6) is 0 Å². The van der Waals surface area contributed by atoms with Gasteiger partial charge in [-0.15, -0.1) is 0 Å². The molecule has 0 saturated heterocycles. The second-order valence-electron chi connectivity index (χ2n) is 4.04. The minimum absolute atomic E-state index is 0.261. The fraction of sp³-hybridized carbons (Fsp3) is 0.909. The summed E-state index contributed by atoms with van der Waals surface area (Å²) in [5, 5.41) is 0. The van der Waals surface area contributed by atoms with Gasteiger partial charge in [-0.25, -0.2) is 0 Å². The Morgan fingerprint density at radius 3 is 2.00 bits per heavy atom. The number of nitrogens with two attached hydrogens (primary N) is 1. The van der Waals surface area contributed by atoms with E-state index in [1.54, 1.807) is 0 Å². The van der Waals surface area contributed by atoms with E-state index >= 15 is 0 Å². The third-order valence-corrected chi connectivity index (χ3v) is 5.10. The van der Waals surface area contributed by atoms with Crippen LogP contribution in [0.4, 0.5) is 0 Å².